The van der Waals surface area contributed by atoms with E-state index in [0.29, 0.717) is 22.7 Å². The molecule has 0 saturated carbocycles. The molecule has 1 aromatic heterocycles. The van der Waals surface area contributed by atoms with Crippen molar-refractivity contribution >= 4 is 46.3 Å². The number of fused-ring (bicyclic) bond motifs is 1. The Morgan fingerprint density at radius 3 is 2.79 bits per heavy atom. The summed E-state index contributed by atoms with van der Waals surface area (Å²) in [5.74, 6) is 0.975. The van der Waals surface area contributed by atoms with Crippen LogP contribution in [0.4, 0.5) is 11.4 Å². The fourth-order valence-electron chi connectivity index (χ4n) is 2.79. The molecule has 0 bridgehead atoms. The Morgan fingerprint density at radius 1 is 1.28 bits per heavy atom. The standard InChI is InChI=1S/C21H19N3O3S2/c1-12-10-28-21(22-12)29-11-14-3-5-15(6-4-14)20(26)23-16-7-8-18-17(9-16)24-19(25)13(2)27-18/h3-10,13H,11H2,1-2H3,(H,23,26)(H,24,25). The van der Waals surface area contributed by atoms with Gasteiger partial charge in [0.1, 0.15) is 10.1 Å². The molecule has 0 radical (unpaired) electrons. The Balaban J connectivity index is 1.38. The summed E-state index contributed by atoms with van der Waals surface area (Å²) in [4.78, 5) is 28.7. The predicted molar refractivity (Wildman–Crippen MR) is 116 cm³/mol. The van der Waals surface area contributed by atoms with Crippen LogP contribution in [-0.4, -0.2) is 22.9 Å². The normalized spacial score (nSPS) is 15.2. The summed E-state index contributed by atoms with van der Waals surface area (Å²) < 4.78 is 6.57. The van der Waals surface area contributed by atoms with Gasteiger partial charge in [0.15, 0.2) is 6.10 Å². The van der Waals surface area contributed by atoms with E-state index in [0.717, 1.165) is 21.3 Å². The first-order valence-corrected chi connectivity index (χ1v) is 10.9. The lowest BCUT2D eigenvalue weighted by Gasteiger charge is -2.23. The third-order valence-corrected chi connectivity index (χ3v) is 6.55. The first kappa shape index (κ1) is 19.5. The molecular weight excluding hydrogens is 406 g/mol. The average molecular weight is 426 g/mol. The van der Waals surface area contributed by atoms with Gasteiger partial charge < -0.3 is 15.4 Å². The van der Waals surface area contributed by atoms with Gasteiger partial charge in [0.05, 0.1) is 5.69 Å². The van der Waals surface area contributed by atoms with Crippen LogP contribution >= 0.6 is 23.1 Å². The van der Waals surface area contributed by atoms with Gasteiger partial charge in [-0.05, 0) is 49.7 Å². The SMILES string of the molecule is Cc1csc(SCc2ccc(C(=O)Nc3ccc4c(c3)NC(=O)C(C)O4)cc2)n1. The Hall–Kier alpha value is -2.84. The number of carbonyl (C=O) groups is 2. The maximum atomic E-state index is 12.5. The quantitative estimate of drug-likeness (QED) is 0.579. The van der Waals surface area contributed by atoms with Crippen molar-refractivity contribution in [2.45, 2.75) is 30.0 Å². The Bertz CT molecular complexity index is 1060. The van der Waals surface area contributed by atoms with Crippen molar-refractivity contribution in [1.29, 1.82) is 0 Å². The summed E-state index contributed by atoms with van der Waals surface area (Å²) in [6, 6.07) is 12.7. The largest absolute Gasteiger partial charge is 0.479 e. The van der Waals surface area contributed by atoms with Crippen molar-refractivity contribution in [2.24, 2.45) is 0 Å². The van der Waals surface area contributed by atoms with Crippen LogP contribution in [0.3, 0.4) is 0 Å². The number of rotatable bonds is 5. The molecular formula is C21H19N3O3S2. The van der Waals surface area contributed by atoms with Gasteiger partial charge in [0, 0.05) is 28.1 Å². The molecule has 2 amide bonds. The lowest BCUT2D eigenvalue weighted by Crippen LogP contribution is -2.34. The van der Waals surface area contributed by atoms with Gasteiger partial charge in [0.2, 0.25) is 0 Å². The van der Waals surface area contributed by atoms with Crippen LogP contribution in [-0.2, 0) is 10.5 Å². The molecule has 2 aromatic carbocycles. The van der Waals surface area contributed by atoms with Crippen molar-refractivity contribution in [2.75, 3.05) is 10.6 Å². The van der Waals surface area contributed by atoms with E-state index in [1.807, 2.05) is 36.6 Å². The number of hydrogen-bond donors (Lipinski definition) is 2. The van der Waals surface area contributed by atoms with Gasteiger partial charge >= 0.3 is 0 Å². The molecule has 0 spiro atoms. The van der Waals surface area contributed by atoms with E-state index in [-0.39, 0.29) is 11.8 Å². The Kier molecular flexibility index (Phi) is 5.55. The number of nitrogens with zero attached hydrogens (tertiary/aromatic N) is 1. The predicted octanol–water partition coefficient (Wildman–Crippen LogP) is 4.72. The van der Waals surface area contributed by atoms with Crippen molar-refractivity contribution in [3.8, 4) is 5.75 Å². The number of ether oxygens (including phenoxy) is 1. The van der Waals surface area contributed by atoms with Crippen LogP contribution in [0.15, 0.2) is 52.2 Å². The first-order valence-electron chi connectivity index (χ1n) is 9.05. The number of aromatic nitrogens is 1. The van der Waals surface area contributed by atoms with E-state index in [1.54, 1.807) is 48.2 Å². The third kappa shape index (κ3) is 4.60. The molecule has 4 rings (SSSR count). The Labute approximate surface area is 176 Å². The maximum absolute atomic E-state index is 12.5. The van der Waals surface area contributed by atoms with Gasteiger partial charge in [-0.1, -0.05) is 23.9 Å². The van der Waals surface area contributed by atoms with Gasteiger partial charge in [0.25, 0.3) is 11.8 Å². The molecule has 3 aromatic rings. The van der Waals surface area contributed by atoms with Crippen molar-refractivity contribution in [1.82, 2.24) is 4.98 Å². The van der Waals surface area contributed by atoms with E-state index >= 15 is 0 Å². The topological polar surface area (TPSA) is 80.3 Å². The molecule has 0 fully saturated rings. The molecule has 6 nitrogen and oxygen atoms in total. The Morgan fingerprint density at radius 2 is 2.07 bits per heavy atom. The van der Waals surface area contributed by atoms with Gasteiger partial charge in [-0.2, -0.15) is 0 Å². The molecule has 2 N–H and O–H groups in total. The van der Waals surface area contributed by atoms with Crippen LogP contribution < -0.4 is 15.4 Å². The summed E-state index contributed by atoms with van der Waals surface area (Å²) in [5.41, 5.74) is 3.87. The molecule has 1 aliphatic heterocycles. The summed E-state index contributed by atoms with van der Waals surface area (Å²) in [6.07, 6.45) is -0.528. The highest BCUT2D eigenvalue weighted by Gasteiger charge is 2.23. The molecule has 0 saturated heterocycles. The van der Waals surface area contributed by atoms with E-state index in [4.69, 9.17) is 4.74 Å². The third-order valence-electron chi connectivity index (χ3n) is 4.34. The number of carbonyl (C=O) groups excluding carboxylic acids is 2. The number of nitrogens with one attached hydrogen (secondary N) is 2. The van der Waals surface area contributed by atoms with Crippen molar-refractivity contribution < 1.29 is 14.3 Å². The summed E-state index contributed by atoms with van der Waals surface area (Å²) in [6.45, 7) is 3.67. The molecule has 1 unspecified atom stereocenters. The molecule has 29 heavy (non-hydrogen) atoms. The van der Waals surface area contributed by atoms with Crippen LogP contribution in [0.2, 0.25) is 0 Å². The fourth-order valence-corrected chi connectivity index (χ4v) is 4.59. The minimum Gasteiger partial charge on any atom is -0.479 e. The van der Waals surface area contributed by atoms with E-state index in [1.165, 1.54) is 0 Å². The van der Waals surface area contributed by atoms with Crippen LogP contribution in [0.25, 0.3) is 0 Å². The second-order valence-electron chi connectivity index (χ2n) is 6.65. The van der Waals surface area contributed by atoms with E-state index in [9.17, 15) is 9.59 Å². The zero-order valence-electron chi connectivity index (χ0n) is 15.9. The molecule has 1 aliphatic rings. The average Bonchev–Trinajstić information content (AvgIpc) is 3.13. The number of aryl methyl sites for hydroxylation is 1. The van der Waals surface area contributed by atoms with Crippen LogP contribution in [0.5, 0.6) is 5.75 Å². The van der Waals surface area contributed by atoms with E-state index < -0.39 is 6.10 Å². The summed E-state index contributed by atoms with van der Waals surface area (Å²) in [7, 11) is 0. The van der Waals surface area contributed by atoms with Gasteiger partial charge in [-0.25, -0.2) is 4.98 Å². The zero-order valence-corrected chi connectivity index (χ0v) is 17.5. The second kappa shape index (κ2) is 8.26. The summed E-state index contributed by atoms with van der Waals surface area (Å²) in [5, 5.41) is 7.67. The number of benzene rings is 2. The fraction of sp³-hybridized carbons (Fsp3) is 0.190. The number of hydrogen-bond acceptors (Lipinski definition) is 6. The molecule has 2 heterocycles. The summed E-state index contributed by atoms with van der Waals surface area (Å²) >= 11 is 3.33. The highest BCUT2D eigenvalue weighted by molar-refractivity contribution is 8.00. The monoisotopic (exact) mass is 425 g/mol. The highest BCUT2D eigenvalue weighted by Crippen LogP contribution is 2.32. The highest BCUT2D eigenvalue weighted by atomic mass is 32.2. The van der Waals surface area contributed by atoms with E-state index in [2.05, 4.69) is 15.6 Å². The first-order chi connectivity index (χ1) is 14.0. The van der Waals surface area contributed by atoms with Crippen LogP contribution in [0.1, 0.15) is 28.5 Å². The lowest BCUT2D eigenvalue weighted by molar-refractivity contribution is -0.122. The lowest BCUT2D eigenvalue weighted by atomic mass is 10.1. The smallest absolute Gasteiger partial charge is 0.265 e. The number of thiazole rings is 1. The van der Waals surface area contributed by atoms with Crippen molar-refractivity contribution in [3.05, 3.63) is 64.7 Å². The molecule has 0 aliphatic carbocycles. The minimum absolute atomic E-state index is 0.206. The maximum Gasteiger partial charge on any atom is 0.265 e. The molecule has 1 atom stereocenters. The van der Waals surface area contributed by atoms with Gasteiger partial charge in [-0.15, -0.1) is 11.3 Å². The molecule has 148 valence electrons. The zero-order chi connectivity index (χ0) is 20.4. The van der Waals surface area contributed by atoms with Crippen LogP contribution in [0, 0.1) is 6.92 Å². The number of amides is 2. The minimum atomic E-state index is -0.528. The number of anilines is 2. The molecule has 8 heteroatoms. The number of thioether (sulfide) groups is 1. The second-order valence-corrected chi connectivity index (χ2v) is 8.74. The van der Waals surface area contributed by atoms with Crippen molar-refractivity contribution in [3.63, 3.8) is 0 Å². The van der Waals surface area contributed by atoms with Gasteiger partial charge in [-0.3, -0.25) is 9.59 Å².